The van der Waals surface area contributed by atoms with Gasteiger partial charge in [0.25, 0.3) is 0 Å². The monoisotopic (exact) mass is 257 g/mol. The summed E-state index contributed by atoms with van der Waals surface area (Å²) >= 11 is 0. The van der Waals surface area contributed by atoms with Gasteiger partial charge in [-0.2, -0.15) is 0 Å². The highest BCUT2D eigenvalue weighted by molar-refractivity contribution is 6.03. The Morgan fingerprint density at radius 1 is 1.42 bits per heavy atom. The van der Waals surface area contributed by atoms with Crippen molar-refractivity contribution in [2.75, 3.05) is 7.11 Å². The molecule has 0 fully saturated rings. The molecule has 0 atom stereocenters. The Balaban J connectivity index is 2.76. The second-order valence-corrected chi connectivity index (χ2v) is 4.13. The number of rotatable bonds is 4. The number of aldehydes is 1. The molecule has 0 aliphatic carbocycles. The predicted octanol–water partition coefficient (Wildman–Crippen LogP) is 3.19. The van der Waals surface area contributed by atoms with Gasteiger partial charge in [0.15, 0.2) is 6.29 Å². The second kappa shape index (κ2) is 5.52. The number of hydrogen-bond acceptors (Lipinski definition) is 3. The van der Waals surface area contributed by atoms with E-state index in [9.17, 15) is 9.59 Å². The fourth-order valence-electron chi connectivity index (χ4n) is 2.23. The minimum atomic E-state index is -0.483. The van der Waals surface area contributed by atoms with Crippen LogP contribution in [0.2, 0.25) is 0 Å². The van der Waals surface area contributed by atoms with E-state index in [0.717, 1.165) is 11.7 Å². The third kappa shape index (κ3) is 2.17. The molecule has 0 aliphatic rings. The molecule has 0 aliphatic heterocycles. The van der Waals surface area contributed by atoms with Crippen molar-refractivity contribution in [3.63, 3.8) is 0 Å². The Morgan fingerprint density at radius 2 is 2.16 bits per heavy atom. The molecule has 0 spiro atoms. The van der Waals surface area contributed by atoms with Gasteiger partial charge in [-0.3, -0.25) is 4.79 Å². The Hall–Kier alpha value is -2.36. The lowest BCUT2D eigenvalue weighted by atomic mass is 10.1. The summed E-state index contributed by atoms with van der Waals surface area (Å²) in [7, 11) is 1.33. The SMILES string of the molecule is C=CCCc1c(C=O)c2ccccc2n1C(=O)OC. The first-order chi connectivity index (χ1) is 9.24. The number of carbonyl (C=O) groups is 2. The van der Waals surface area contributed by atoms with Crippen LogP contribution < -0.4 is 0 Å². The number of benzene rings is 1. The van der Waals surface area contributed by atoms with Crippen LogP contribution in [0.15, 0.2) is 36.9 Å². The average Bonchev–Trinajstić information content (AvgIpc) is 2.77. The molecule has 0 unspecified atom stereocenters. The van der Waals surface area contributed by atoms with Gasteiger partial charge in [-0.25, -0.2) is 9.36 Å². The first-order valence-corrected chi connectivity index (χ1v) is 6.01. The number of carbonyl (C=O) groups excluding carboxylic acids is 2. The largest absolute Gasteiger partial charge is 0.452 e. The van der Waals surface area contributed by atoms with E-state index in [-0.39, 0.29) is 0 Å². The van der Waals surface area contributed by atoms with Crippen LogP contribution in [0.1, 0.15) is 22.5 Å². The molecule has 0 bridgehead atoms. The van der Waals surface area contributed by atoms with E-state index in [2.05, 4.69) is 6.58 Å². The number of para-hydroxylation sites is 1. The van der Waals surface area contributed by atoms with Gasteiger partial charge in [0.2, 0.25) is 0 Å². The van der Waals surface area contributed by atoms with E-state index in [0.29, 0.717) is 29.6 Å². The van der Waals surface area contributed by atoms with E-state index < -0.39 is 6.09 Å². The van der Waals surface area contributed by atoms with Crippen molar-refractivity contribution < 1.29 is 14.3 Å². The highest BCUT2D eigenvalue weighted by atomic mass is 16.5. The Labute approximate surface area is 111 Å². The maximum absolute atomic E-state index is 11.9. The maximum Gasteiger partial charge on any atom is 0.418 e. The number of ether oxygens (including phenoxy) is 1. The van der Waals surface area contributed by atoms with Gasteiger partial charge in [0.1, 0.15) is 0 Å². The summed E-state index contributed by atoms with van der Waals surface area (Å²) in [6.07, 6.45) is 3.33. The highest BCUT2D eigenvalue weighted by Crippen LogP contribution is 2.26. The minimum absolute atomic E-state index is 0.483. The minimum Gasteiger partial charge on any atom is -0.452 e. The fourth-order valence-corrected chi connectivity index (χ4v) is 2.23. The molecule has 0 saturated heterocycles. The van der Waals surface area contributed by atoms with Crippen LogP contribution in [0.25, 0.3) is 10.9 Å². The summed E-state index contributed by atoms with van der Waals surface area (Å²) in [6, 6.07) is 7.30. The molecule has 19 heavy (non-hydrogen) atoms. The van der Waals surface area contributed by atoms with E-state index in [1.807, 2.05) is 18.2 Å². The summed E-state index contributed by atoms with van der Waals surface area (Å²) in [4.78, 5) is 23.3. The number of methoxy groups -OCH3 is 1. The van der Waals surface area contributed by atoms with Crippen LogP contribution >= 0.6 is 0 Å². The number of aromatic nitrogens is 1. The Bertz CT molecular complexity index is 640. The van der Waals surface area contributed by atoms with Crippen molar-refractivity contribution in [3.05, 3.63) is 48.2 Å². The van der Waals surface area contributed by atoms with Crippen molar-refractivity contribution in [2.24, 2.45) is 0 Å². The van der Waals surface area contributed by atoms with Crippen LogP contribution in [0, 0.1) is 0 Å². The normalized spacial score (nSPS) is 10.4. The average molecular weight is 257 g/mol. The van der Waals surface area contributed by atoms with Crippen LogP contribution in [-0.4, -0.2) is 24.1 Å². The molecule has 98 valence electrons. The fraction of sp³-hybridized carbons (Fsp3) is 0.200. The topological polar surface area (TPSA) is 48.3 Å². The predicted molar refractivity (Wildman–Crippen MR) is 73.6 cm³/mol. The molecular formula is C15H15NO3. The Morgan fingerprint density at radius 3 is 2.79 bits per heavy atom. The van der Waals surface area contributed by atoms with Crippen molar-refractivity contribution in [1.29, 1.82) is 0 Å². The second-order valence-electron chi connectivity index (χ2n) is 4.13. The summed E-state index contributed by atoms with van der Waals surface area (Å²) in [6.45, 7) is 3.67. The zero-order chi connectivity index (χ0) is 13.8. The first kappa shape index (κ1) is 13.1. The Kier molecular flexibility index (Phi) is 3.80. The van der Waals surface area contributed by atoms with E-state index in [1.54, 1.807) is 12.1 Å². The molecule has 2 aromatic rings. The molecular weight excluding hydrogens is 242 g/mol. The standard InChI is InChI=1S/C15H15NO3/c1-3-4-8-14-12(10-17)11-7-5-6-9-13(11)16(14)15(18)19-2/h3,5-7,9-10H,1,4,8H2,2H3. The molecule has 1 aromatic carbocycles. The molecule has 0 radical (unpaired) electrons. The van der Waals surface area contributed by atoms with Crippen molar-refractivity contribution in [2.45, 2.75) is 12.8 Å². The van der Waals surface area contributed by atoms with Crippen molar-refractivity contribution in [3.8, 4) is 0 Å². The lowest BCUT2D eigenvalue weighted by Crippen LogP contribution is -2.15. The molecule has 4 nitrogen and oxygen atoms in total. The number of fused-ring (bicyclic) bond motifs is 1. The van der Waals surface area contributed by atoms with E-state index in [4.69, 9.17) is 4.74 Å². The molecule has 0 amide bonds. The number of nitrogens with zero attached hydrogens (tertiary/aromatic N) is 1. The van der Waals surface area contributed by atoms with Crippen LogP contribution in [0.4, 0.5) is 4.79 Å². The van der Waals surface area contributed by atoms with Gasteiger partial charge in [-0.1, -0.05) is 24.3 Å². The number of allylic oxidation sites excluding steroid dienone is 1. The zero-order valence-electron chi connectivity index (χ0n) is 10.8. The van der Waals surface area contributed by atoms with Crippen LogP contribution in [0.3, 0.4) is 0 Å². The molecule has 1 aromatic heterocycles. The molecule has 1 heterocycles. The van der Waals surface area contributed by atoms with Gasteiger partial charge >= 0.3 is 6.09 Å². The molecule has 0 saturated carbocycles. The number of hydrogen-bond donors (Lipinski definition) is 0. The first-order valence-electron chi connectivity index (χ1n) is 6.01. The summed E-state index contributed by atoms with van der Waals surface area (Å²) < 4.78 is 6.27. The molecule has 0 N–H and O–H groups in total. The molecule has 2 rings (SSSR count). The highest BCUT2D eigenvalue weighted by Gasteiger charge is 2.20. The van der Waals surface area contributed by atoms with Gasteiger partial charge < -0.3 is 4.74 Å². The summed E-state index contributed by atoms with van der Waals surface area (Å²) in [5, 5.41) is 0.766. The third-order valence-corrected chi connectivity index (χ3v) is 3.08. The quantitative estimate of drug-likeness (QED) is 0.624. The lowest BCUT2D eigenvalue weighted by Gasteiger charge is -2.07. The molecule has 4 heteroatoms. The zero-order valence-corrected chi connectivity index (χ0v) is 10.8. The van der Waals surface area contributed by atoms with Gasteiger partial charge in [-0.15, -0.1) is 6.58 Å². The summed E-state index contributed by atoms with van der Waals surface area (Å²) in [5.41, 5.74) is 1.90. The van der Waals surface area contributed by atoms with Crippen LogP contribution in [-0.2, 0) is 11.2 Å². The van der Waals surface area contributed by atoms with Gasteiger partial charge in [0, 0.05) is 16.6 Å². The van der Waals surface area contributed by atoms with E-state index in [1.165, 1.54) is 11.7 Å². The van der Waals surface area contributed by atoms with Crippen molar-refractivity contribution in [1.82, 2.24) is 4.57 Å². The third-order valence-electron chi connectivity index (χ3n) is 3.08. The van der Waals surface area contributed by atoms with Gasteiger partial charge in [-0.05, 0) is 18.9 Å². The van der Waals surface area contributed by atoms with E-state index >= 15 is 0 Å². The van der Waals surface area contributed by atoms with Gasteiger partial charge in [0.05, 0.1) is 12.6 Å². The smallest absolute Gasteiger partial charge is 0.418 e. The van der Waals surface area contributed by atoms with Crippen LogP contribution in [0.5, 0.6) is 0 Å². The van der Waals surface area contributed by atoms with Crippen molar-refractivity contribution >= 4 is 23.3 Å². The lowest BCUT2D eigenvalue weighted by molar-refractivity contribution is 0.112. The summed E-state index contributed by atoms with van der Waals surface area (Å²) in [5.74, 6) is 0. The maximum atomic E-state index is 11.9.